The number of ether oxygens (including phenoxy) is 2. The first-order valence-corrected chi connectivity index (χ1v) is 14.3. The Morgan fingerprint density at radius 2 is 1.93 bits per heavy atom. The fourth-order valence-corrected chi connectivity index (χ4v) is 4.56. The molecule has 1 aliphatic heterocycles. The van der Waals surface area contributed by atoms with E-state index in [0.29, 0.717) is 47.9 Å². The second-order valence-electron chi connectivity index (χ2n) is 10.7. The van der Waals surface area contributed by atoms with Crippen LogP contribution in [0.25, 0.3) is 5.57 Å². The number of amides is 1. The topological polar surface area (TPSA) is 122 Å². The van der Waals surface area contributed by atoms with Crippen molar-refractivity contribution in [3.05, 3.63) is 102 Å². The molecule has 9 nitrogen and oxygen atoms in total. The SMILES string of the molecule is C=C(C/C=C\C=C/CC/C=C/CN(C)C(=O)/C=C(\C)OC)c1nc(C[C@H](C)[C@@H]2OC(=O)c3c(ccc(C)c3O)[C@H]2O)co1. The number of carbonyl (C=O) groups excluding carboxylic acids is 2. The number of phenolic OH excluding ortho intramolecular Hbond substituents is 1. The third-order valence-electron chi connectivity index (χ3n) is 7.25. The fraction of sp³-hybridized carbons (Fsp3) is 0.382. The molecule has 1 aromatic carbocycles. The lowest BCUT2D eigenvalue weighted by atomic mass is 9.86. The molecule has 43 heavy (non-hydrogen) atoms. The number of aliphatic hydroxyl groups excluding tert-OH is 1. The molecule has 9 heteroatoms. The Balaban J connectivity index is 1.41. The largest absolute Gasteiger partial charge is 0.507 e. The van der Waals surface area contributed by atoms with Crippen LogP contribution in [0.3, 0.4) is 0 Å². The number of aliphatic hydroxyl groups is 1. The number of unbranched alkanes of at least 4 members (excludes halogenated alkanes) is 1. The summed E-state index contributed by atoms with van der Waals surface area (Å²) in [5, 5.41) is 21.2. The molecule has 2 heterocycles. The Hall–Kier alpha value is -4.37. The van der Waals surface area contributed by atoms with Gasteiger partial charge in [-0.2, -0.15) is 0 Å². The number of allylic oxidation sites excluding steroid dienone is 7. The van der Waals surface area contributed by atoms with Gasteiger partial charge in [0.1, 0.15) is 29.8 Å². The molecule has 0 unspecified atom stereocenters. The maximum Gasteiger partial charge on any atom is 0.342 e. The Labute approximate surface area is 253 Å². The van der Waals surface area contributed by atoms with E-state index in [-0.39, 0.29) is 23.1 Å². The highest BCUT2D eigenvalue weighted by Gasteiger charge is 2.39. The minimum Gasteiger partial charge on any atom is -0.507 e. The highest BCUT2D eigenvalue weighted by atomic mass is 16.6. The summed E-state index contributed by atoms with van der Waals surface area (Å²) >= 11 is 0. The van der Waals surface area contributed by atoms with Crippen molar-refractivity contribution in [2.24, 2.45) is 5.92 Å². The van der Waals surface area contributed by atoms with Gasteiger partial charge in [0.25, 0.3) is 0 Å². The highest BCUT2D eigenvalue weighted by Crippen LogP contribution is 2.39. The predicted octanol–water partition coefficient (Wildman–Crippen LogP) is 6.00. The van der Waals surface area contributed by atoms with Crippen LogP contribution < -0.4 is 0 Å². The van der Waals surface area contributed by atoms with Crippen molar-refractivity contribution in [1.29, 1.82) is 0 Å². The summed E-state index contributed by atoms with van der Waals surface area (Å²) in [6, 6.07) is 3.33. The van der Waals surface area contributed by atoms with E-state index >= 15 is 0 Å². The smallest absolute Gasteiger partial charge is 0.342 e. The second-order valence-corrected chi connectivity index (χ2v) is 10.7. The fourth-order valence-electron chi connectivity index (χ4n) is 4.56. The number of aromatic nitrogens is 1. The number of fused-ring (bicyclic) bond motifs is 1. The number of phenols is 1. The standard InChI is InChI=1S/C34H42N2O7/c1-22-16-17-27-29(30(22)38)34(40)43-32(31(27)39)24(3)19-26-21-42-33(35-26)23(2)15-13-11-9-7-8-10-12-14-18-36(5)28(37)20-25(4)41-6/h7,9,11-14,16-17,20-21,24,31-32,38-39H,2,8,10,15,18-19H2,1,3-6H3/b9-7-,13-11-,14-12+,25-20+/t24-,31+,32-/m0/s1. The monoisotopic (exact) mass is 590 g/mol. The van der Waals surface area contributed by atoms with Crippen LogP contribution in [0.15, 0.2) is 77.7 Å². The minimum atomic E-state index is -1.06. The van der Waals surface area contributed by atoms with E-state index in [0.717, 1.165) is 18.4 Å². The van der Waals surface area contributed by atoms with Gasteiger partial charge in [-0.25, -0.2) is 9.78 Å². The Morgan fingerprint density at radius 1 is 1.21 bits per heavy atom. The van der Waals surface area contributed by atoms with Gasteiger partial charge in [0.2, 0.25) is 11.8 Å². The first kappa shape index (κ1) is 33.1. The molecule has 1 aromatic heterocycles. The number of benzene rings is 1. The van der Waals surface area contributed by atoms with E-state index in [4.69, 9.17) is 13.9 Å². The molecule has 3 rings (SSSR count). The van der Waals surface area contributed by atoms with Crippen LogP contribution >= 0.6 is 0 Å². The Kier molecular flexibility index (Phi) is 12.1. The summed E-state index contributed by atoms with van der Waals surface area (Å²) in [5.41, 5.74) is 2.32. The van der Waals surface area contributed by atoms with Crippen molar-refractivity contribution in [2.75, 3.05) is 20.7 Å². The maximum absolute atomic E-state index is 12.6. The predicted molar refractivity (Wildman–Crippen MR) is 165 cm³/mol. The molecule has 0 radical (unpaired) electrons. The number of aryl methyl sites for hydroxylation is 1. The Morgan fingerprint density at radius 3 is 2.67 bits per heavy atom. The van der Waals surface area contributed by atoms with Crippen LogP contribution in [0.4, 0.5) is 0 Å². The summed E-state index contributed by atoms with van der Waals surface area (Å²) in [5.74, 6) is -0.147. The summed E-state index contributed by atoms with van der Waals surface area (Å²) in [6.45, 7) is 9.91. The third kappa shape index (κ3) is 9.06. The van der Waals surface area contributed by atoms with E-state index in [1.807, 2.05) is 31.2 Å². The van der Waals surface area contributed by atoms with Crippen LogP contribution in [0.1, 0.15) is 72.3 Å². The average Bonchev–Trinajstić information content (AvgIpc) is 3.45. The number of hydrogen-bond acceptors (Lipinski definition) is 8. The third-order valence-corrected chi connectivity index (χ3v) is 7.25. The van der Waals surface area contributed by atoms with E-state index in [1.54, 1.807) is 44.2 Å². The molecule has 3 atom stereocenters. The van der Waals surface area contributed by atoms with Crippen molar-refractivity contribution >= 4 is 17.4 Å². The molecule has 0 spiro atoms. The molecule has 230 valence electrons. The summed E-state index contributed by atoms with van der Waals surface area (Å²) in [6.07, 6.45) is 15.9. The van der Waals surface area contributed by atoms with Gasteiger partial charge in [-0.1, -0.05) is 62.1 Å². The van der Waals surface area contributed by atoms with Crippen molar-refractivity contribution in [3.8, 4) is 5.75 Å². The number of aromatic hydroxyl groups is 1. The molecule has 2 aromatic rings. The lowest BCUT2D eigenvalue weighted by Crippen LogP contribution is -2.37. The number of cyclic esters (lactones) is 1. The van der Waals surface area contributed by atoms with Gasteiger partial charge in [0, 0.05) is 36.7 Å². The normalized spacial score (nSPS) is 17.8. The minimum absolute atomic E-state index is 0.0237. The second kappa shape index (κ2) is 15.7. The van der Waals surface area contributed by atoms with Gasteiger partial charge < -0.3 is 29.0 Å². The average molecular weight is 591 g/mol. The molecule has 1 aliphatic rings. The van der Waals surface area contributed by atoms with Crippen LogP contribution in [-0.2, 0) is 20.7 Å². The van der Waals surface area contributed by atoms with Gasteiger partial charge in [-0.3, -0.25) is 4.79 Å². The zero-order valence-corrected chi connectivity index (χ0v) is 25.6. The van der Waals surface area contributed by atoms with E-state index < -0.39 is 18.2 Å². The zero-order chi connectivity index (χ0) is 31.5. The van der Waals surface area contributed by atoms with Crippen molar-refractivity contribution in [2.45, 2.75) is 58.7 Å². The quantitative estimate of drug-likeness (QED) is 0.0686. The zero-order valence-electron chi connectivity index (χ0n) is 25.6. The van der Waals surface area contributed by atoms with Gasteiger partial charge in [0.15, 0.2) is 0 Å². The van der Waals surface area contributed by atoms with E-state index in [1.165, 1.54) is 13.2 Å². The van der Waals surface area contributed by atoms with Gasteiger partial charge in [-0.15, -0.1) is 0 Å². The van der Waals surface area contributed by atoms with Gasteiger partial charge >= 0.3 is 5.97 Å². The first-order chi connectivity index (χ1) is 20.5. The van der Waals surface area contributed by atoms with Crippen LogP contribution in [0.5, 0.6) is 5.75 Å². The maximum atomic E-state index is 12.6. The first-order valence-electron chi connectivity index (χ1n) is 14.3. The lowest BCUT2D eigenvalue weighted by Gasteiger charge is -2.33. The molecule has 0 saturated heterocycles. The van der Waals surface area contributed by atoms with Crippen LogP contribution in [-0.4, -0.2) is 58.8 Å². The molecular formula is C34H42N2O7. The number of hydrogen-bond donors (Lipinski definition) is 2. The van der Waals surface area contributed by atoms with Crippen molar-refractivity contribution in [1.82, 2.24) is 9.88 Å². The Bertz CT molecular complexity index is 1420. The summed E-state index contributed by atoms with van der Waals surface area (Å²) in [4.78, 5) is 30.7. The summed E-state index contributed by atoms with van der Waals surface area (Å²) < 4.78 is 16.2. The highest BCUT2D eigenvalue weighted by molar-refractivity contribution is 5.96. The van der Waals surface area contributed by atoms with E-state index in [2.05, 4.69) is 23.7 Å². The van der Waals surface area contributed by atoms with Gasteiger partial charge in [0.05, 0.1) is 18.6 Å². The molecule has 0 bridgehead atoms. The van der Waals surface area contributed by atoms with Crippen molar-refractivity contribution in [3.63, 3.8) is 0 Å². The number of rotatable bonds is 14. The number of carbonyl (C=O) groups is 2. The van der Waals surface area contributed by atoms with Crippen molar-refractivity contribution < 1.29 is 33.7 Å². The summed E-state index contributed by atoms with van der Waals surface area (Å²) in [7, 11) is 3.29. The molecule has 2 N–H and O–H groups in total. The molecule has 0 aliphatic carbocycles. The number of esters is 1. The number of likely N-dealkylation sites (N-methyl/N-ethyl adjacent to an activating group) is 1. The molecule has 0 saturated carbocycles. The van der Waals surface area contributed by atoms with Crippen LogP contribution in [0, 0.1) is 12.8 Å². The van der Waals surface area contributed by atoms with Gasteiger partial charge in [-0.05, 0) is 45.1 Å². The molecule has 0 fully saturated rings. The van der Waals surface area contributed by atoms with Crippen LogP contribution in [0.2, 0.25) is 0 Å². The number of nitrogens with zero attached hydrogens (tertiary/aromatic N) is 2. The molecule has 1 amide bonds. The number of oxazole rings is 1. The van der Waals surface area contributed by atoms with E-state index in [9.17, 15) is 19.8 Å². The lowest BCUT2D eigenvalue weighted by molar-refractivity contribution is -0.124. The molecular weight excluding hydrogens is 548 g/mol. The number of methoxy groups -OCH3 is 1.